The average molecular weight is 328 g/mol. The van der Waals surface area contributed by atoms with Crippen molar-refractivity contribution in [2.45, 2.75) is 24.5 Å². The standard InChI is InChI=1S/C11H15Cl2NO4S/c1-7(18-2)5-14-19(16,17)10-4-3-9(12)8(6-15)11(10)13/h3-4,7,14-15H,5-6H2,1-2H3. The van der Waals surface area contributed by atoms with Gasteiger partial charge in [-0.3, -0.25) is 0 Å². The minimum Gasteiger partial charge on any atom is -0.392 e. The molecular formula is C11H15Cl2NO4S. The second kappa shape index (κ2) is 6.88. The molecule has 0 spiro atoms. The van der Waals surface area contributed by atoms with E-state index in [9.17, 15) is 8.42 Å². The zero-order valence-electron chi connectivity index (χ0n) is 10.5. The summed E-state index contributed by atoms with van der Waals surface area (Å²) in [6, 6.07) is 2.68. The monoisotopic (exact) mass is 327 g/mol. The second-order valence-electron chi connectivity index (χ2n) is 3.89. The highest BCUT2D eigenvalue weighted by molar-refractivity contribution is 7.89. The van der Waals surface area contributed by atoms with Crippen molar-refractivity contribution in [3.05, 3.63) is 27.7 Å². The van der Waals surface area contributed by atoms with Crippen molar-refractivity contribution in [3.8, 4) is 0 Å². The van der Waals surface area contributed by atoms with E-state index in [1.807, 2.05) is 0 Å². The molecule has 0 amide bonds. The summed E-state index contributed by atoms with van der Waals surface area (Å²) >= 11 is 11.8. The van der Waals surface area contributed by atoms with Gasteiger partial charge in [-0.2, -0.15) is 0 Å². The van der Waals surface area contributed by atoms with E-state index in [-0.39, 0.29) is 33.2 Å². The Balaban J connectivity index is 3.09. The van der Waals surface area contributed by atoms with Crippen LogP contribution in [0.5, 0.6) is 0 Å². The second-order valence-corrected chi connectivity index (χ2v) is 6.41. The summed E-state index contributed by atoms with van der Waals surface area (Å²) in [6.07, 6.45) is -0.266. The summed E-state index contributed by atoms with van der Waals surface area (Å²) in [4.78, 5) is -0.120. The van der Waals surface area contributed by atoms with Crippen LogP contribution in [-0.2, 0) is 21.4 Å². The van der Waals surface area contributed by atoms with Gasteiger partial charge in [0.1, 0.15) is 4.90 Å². The Morgan fingerprint density at radius 2 is 2.05 bits per heavy atom. The Morgan fingerprint density at radius 3 is 2.58 bits per heavy atom. The summed E-state index contributed by atoms with van der Waals surface area (Å²) in [7, 11) is -2.29. The normalized spacial score (nSPS) is 13.5. The van der Waals surface area contributed by atoms with Crippen LogP contribution in [-0.4, -0.2) is 33.3 Å². The molecule has 0 heterocycles. The van der Waals surface area contributed by atoms with Crippen LogP contribution in [0.25, 0.3) is 0 Å². The molecule has 108 valence electrons. The van der Waals surface area contributed by atoms with Crippen molar-refractivity contribution < 1.29 is 18.3 Å². The van der Waals surface area contributed by atoms with Crippen molar-refractivity contribution in [1.29, 1.82) is 0 Å². The van der Waals surface area contributed by atoms with Gasteiger partial charge in [0.15, 0.2) is 0 Å². The number of aliphatic hydroxyl groups excluding tert-OH is 1. The van der Waals surface area contributed by atoms with E-state index in [4.69, 9.17) is 33.0 Å². The number of hydrogen-bond acceptors (Lipinski definition) is 4. The first-order valence-electron chi connectivity index (χ1n) is 5.43. The lowest BCUT2D eigenvalue weighted by Gasteiger charge is -2.14. The predicted octanol–water partition coefficient (Wildman–Crippen LogP) is 1.80. The van der Waals surface area contributed by atoms with Crippen LogP contribution in [0.4, 0.5) is 0 Å². The van der Waals surface area contributed by atoms with Gasteiger partial charge in [0.25, 0.3) is 0 Å². The van der Waals surface area contributed by atoms with Crippen molar-refractivity contribution in [3.63, 3.8) is 0 Å². The number of ether oxygens (including phenoxy) is 1. The molecule has 0 radical (unpaired) electrons. The Morgan fingerprint density at radius 1 is 1.42 bits per heavy atom. The molecule has 0 fully saturated rings. The fourth-order valence-electron chi connectivity index (χ4n) is 1.32. The number of halogens is 2. The minimum absolute atomic E-state index is 0.0763. The summed E-state index contributed by atoms with van der Waals surface area (Å²) < 4.78 is 31.5. The number of hydrogen-bond donors (Lipinski definition) is 2. The summed E-state index contributed by atoms with van der Waals surface area (Å²) in [5.41, 5.74) is 0.186. The Kier molecular flexibility index (Phi) is 6.04. The van der Waals surface area contributed by atoms with E-state index in [0.29, 0.717) is 0 Å². The maximum Gasteiger partial charge on any atom is 0.242 e. The number of nitrogens with one attached hydrogen (secondary N) is 1. The molecule has 8 heteroatoms. The van der Waals surface area contributed by atoms with Crippen LogP contribution in [0.15, 0.2) is 17.0 Å². The van der Waals surface area contributed by atoms with Crippen molar-refractivity contribution >= 4 is 33.2 Å². The number of rotatable bonds is 6. The predicted molar refractivity (Wildman–Crippen MR) is 74.0 cm³/mol. The highest BCUT2D eigenvalue weighted by atomic mass is 35.5. The third kappa shape index (κ3) is 4.05. The van der Waals surface area contributed by atoms with Gasteiger partial charge < -0.3 is 9.84 Å². The van der Waals surface area contributed by atoms with E-state index >= 15 is 0 Å². The van der Waals surface area contributed by atoms with Crippen molar-refractivity contribution in [1.82, 2.24) is 4.72 Å². The molecule has 1 aromatic rings. The molecular weight excluding hydrogens is 313 g/mol. The fraction of sp³-hybridized carbons (Fsp3) is 0.455. The van der Waals surface area contributed by atoms with Crippen LogP contribution >= 0.6 is 23.2 Å². The molecule has 0 aromatic heterocycles. The molecule has 1 aromatic carbocycles. The van der Waals surface area contributed by atoms with Crippen LogP contribution < -0.4 is 4.72 Å². The lowest BCUT2D eigenvalue weighted by molar-refractivity contribution is 0.122. The van der Waals surface area contributed by atoms with Crippen LogP contribution in [0.1, 0.15) is 12.5 Å². The SMILES string of the molecule is COC(C)CNS(=O)(=O)c1ccc(Cl)c(CO)c1Cl. The van der Waals surface area contributed by atoms with Crippen LogP contribution in [0.2, 0.25) is 10.0 Å². The fourth-order valence-corrected chi connectivity index (χ4v) is 3.33. The van der Waals surface area contributed by atoms with Gasteiger partial charge in [0, 0.05) is 24.2 Å². The molecule has 1 unspecified atom stereocenters. The molecule has 1 atom stereocenters. The van der Waals surface area contributed by atoms with Gasteiger partial charge in [0.05, 0.1) is 17.7 Å². The van der Waals surface area contributed by atoms with E-state index in [1.165, 1.54) is 19.2 Å². The third-order valence-corrected chi connectivity index (χ3v) is 4.93. The van der Waals surface area contributed by atoms with Gasteiger partial charge in [-0.1, -0.05) is 23.2 Å². The molecule has 0 bridgehead atoms. The van der Waals surface area contributed by atoms with Crippen molar-refractivity contribution in [2.75, 3.05) is 13.7 Å². The first-order valence-corrected chi connectivity index (χ1v) is 7.67. The van der Waals surface area contributed by atoms with E-state index in [0.717, 1.165) is 0 Å². The van der Waals surface area contributed by atoms with Crippen molar-refractivity contribution in [2.24, 2.45) is 0 Å². The molecule has 0 saturated heterocycles. The average Bonchev–Trinajstić information content (AvgIpc) is 2.36. The van der Waals surface area contributed by atoms with Crippen LogP contribution in [0.3, 0.4) is 0 Å². The Labute approximate surface area is 122 Å². The number of methoxy groups -OCH3 is 1. The number of sulfonamides is 1. The molecule has 5 nitrogen and oxygen atoms in total. The van der Waals surface area contributed by atoms with Gasteiger partial charge in [-0.25, -0.2) is 13.1 Å². The smallest absolute Gasteiger partial charge is 0.242 e. The Hall–Kier alpha value is -0.370. The first-order chi connectivity index (χ1) is 8.83. The topological polar surface area (TPSA) is 75.6 Å². The first kappa shape index (κ1) is 16.7. The summed E-state index contributed by atoms with van der Waals surface area (Å²) in [5.74, 6) is 0. The molecule has 0 aliphatic rings. The summed E-state index contributed by atoms with van der Waals surface area (Å²) in [5, 5.41) is 9.28. The maximum atomic E-state index is 12.1. The van der Waals surface area contributed by atoms with E-state index in [2.05, 4.69) is 4.72 Å². The van der Waals surface area contributed by atoms with Gasteiger partial charge in [-0.05, 0) is 19.1 Å². The molecule has 1 rings (SSSR count). The zero-order valence-corrected chi connectivity index (χ0v) is 12.8. The number of aliphatic hydroxyl groups is 1. The van der Waals surface area contributed by atoms with Gasteiger partial charge in [-0.15, -0.1) is 0 Å². The van der Waals surface area contributed by atoms with Gasteiger partial charge in [0.2, 0.25) is 10.0 Å². The van der Waals surface area contributed by atoms with Crippen LogP contribution in [0, 0.1) is 0 Å². The lowest BCUT2D eigenvalue weighted by atomic mass is 10.2. The molecule has 0 saturated carbocycles. The largest absolute Gasteiger partial charge is 0.392 e. The zero-order chi connectivity index (χ0) is 14.6. The van der Waals surface area contributed by atoms with E-state index in [1.54, 1.807) is 6.92 Å². The molecule has 0 aliphatic carbocycles. The Bertz CT molecular complexity index is 548. The maximum absolute atomic E-state index is 12.1. The minimum atomic E-state index is -3.78. The van der Waals surface area contributed by atoms with E-state index < -0.39 is 16.6 Å². The highest BCUT2D eigenvalue weighted by Gasteiger charge is 2.21. The lowest BCUT2D eigenvalue weighted by Crippen LogP contribution is -2.31. The molecule has 19 heavy (non-hydrogen) atoms. The van der Waals surface area contributed by atoms with Gasteiger partial charge >= 0.3 is 0 Å². The molecule has 2 N–H and O–H groups in total. The highest BCUT2D eigenvalue weighted by Crippen LogP contribution is 2.30. The summed E-state index contributed by atoms with van der Waals surface area (Å²) in [6.45, 7) is 1.41. The molecule has 0 aliphatic heterocycles. The number of benzene rings is 1. The third-order valence-electron chi connectivity index (χ3n) is 2.56. The quantitative estimate of drug-likeness (QED) is 0.835.